The average molecular weight is 278 g/mol. The Hall–Kier alpha value is -0.710. The lowest BCUT2D eigenvalue weighted by Gasteiger charge is -2.13. The number of rotatable bonds is 3. The van der Waals surface area contributed by atoms with Crippen LogP contribution in [-0.2, 0) is 12.8 Å². The summed E-state index contributed by atoms with van der Waals surface area (Å²) in [6.07, 6.45) is 3.68. The first-order valence-corrected chi connectivity index (χ1v) is 8.05. The SMILES string of the molecule is CNC(c1nc2c(s1)CCC2)c1cc(C)sc1C. The van der Waals surface area contributed by atoms with Gasteiger partial charge in [0.2, 0.25) is 0 Å². The van der Waals surface area contributed by atoms with Crippen molar-refractivity contribution in [1.82, 2.24) is 10.3 Å². The van der Waals surface area contributed by atoms with Crippen LogP contribution in [0.4, 0.5) is 0 Å². The molecule has 0 saturated carbocycles. The van der Waals surface area contributed by atoms with Crippen LogP contribution in [0.1, 0.15) is 43.4 Å². The molecule has 1 atom stereocenters. The molecule has 2 nitrogen and oxygen atoms in total. The van der Waals surface area contributed by atoms with Crippen molar-refractivity contribution in [1.29, 1.82) is 0 Å². The highest BCUT2D eigenvalue weighted by molar-refractivity contribution is 7.12. The van der Waals surface area contributed by atoms with Gasteiger partial charge in [-0.15, -0.1) is 22.7 Å². The molecule has 18 heavy (non-hydrogen) atoms. The number of fused-ring (bicyclic) bond motifs is 1. The summed E-state index contributed by atoms with van der Waals surface area (Å²) in [6, 6.07) is 2.57. The highest BCUT2D eigenvalue weighted by Gasteiger charge is 2.23. The first-order valence-electron chi connectivity index (χ1n) is 6.41. The Morgan fingerprint density at radius 3 is 2.72 bits per heavy atom. The van der Waals surface area contributed by atoms with Crippen LogP contribution in [0.2, 0.25) is 0 Å². The molecular weight excluding hydrogens is 260 g/mol. The lowest BCUT2D eigenvalue weighted by atomic mass is 10.1. The minimum atomic E-state index is 0.269. The summed E-state index contributed by atoms with van der Waals surface area (Å²) < 4.78 is 0. The Bertz CT molecular complexity index is 547. The first kappa shape index (κ1) is 12.3. The van der Waals surface area contributed by atoms with Gasteiger partial charge in [0.25, 0.3) is 0 Å². The van der Waals surface area contributed by atoms with Crippen molar-refractivity contribution >= 4 is 22.7 Å². The normalized spacial score (nSPS) is 15.9. The molecular formula is C14H18N2S2. The molecule has 0 saturated heterocycles. The molecule has 0 bridgehead atoms. The smallest absolute Gasteiger partial charge is 0.115 e. The lowest BCUT2D eigenvalue weighted by Crippen LogP contribution is -2.17. The van der Waals surface area contributed by atoms with Crippen molar-refractivity contribution in [3.63, 3.8) is 0 Å². The number of aryl methyl sites for hydroxylation is 4. The van der Waals surface area contributed by atoms with Crippen molar-refractivity contribution in [2.24, 2.45) is 0 Å². The van der Waals surface area contributed by atoms with Gasteiger partial charge in [0.05, 0.1) is 11.7 Å². The topological polar surface area (TPSA) is 24.9 Å². The van der Waals surface area contributed by atoms with Crippen LogP contribution in [-0.4, -0.2) is 12.0 Å². The third-order valence-corrected chi connectivity index (χ3v) is 5.74. The zero-order chi connectivity index (χ0) is 12.7. The quantitative estimate of drug-likeness (QED) is 0.927. The Morgan fingerprint density at radius 1 is 1.28 bits per heavy atom. The van der Waals surface area contributed by atoms with Gasteiger partial charge in [0.1, 0.15) is 5.01 Å². The molecule has 96 valence electrons. The minimum absolute atomic E-state index is 0.269. The van der Waals surface area contributed by atoms with Gasteiger partial charge in [-0.05, 0) is 51.8 Å². The van der Waals surface area contributed by atoms with Crippen molar-refractivity contribution in [2.45, 2.75) is 39.2 Å². The second-order valence-electron chi connectivity index (χ2n) is 4.87. The van der Waals surface area contributed by atoms with Crippen LogP contribution < -0.4 is 5.32 Å². The Balaban J connectivity index is 1.99. The van der Waals surface area contributed by atoms with Crippen LogP contribution in [0, 0.1) is 13.8 Å². The van der Waals surface area contributed by atoms with Gasteiger partial charge in [-0.3, -0.25) is 0 Å². The number of aromatic nitrogens is 1. The van der Waals surface area contributed by atoms with Crippen molar-refractivity contribution in [2.75, 3.05) is 7.05 Å². The standard InChI is InChI=1S/C14H18N2S2/c1-8-7-10(9(2)17-8)13(15-3)14-16-11-5-4-6-12(11)18-14/h7,13,15H,4-6H2,1-3H3. The van der Waals surface area contributed by atoms with E-state index >= 15 is 0 Å². The number of hydrogen-bond acceptors (Lipinski definition) is 4. The van der Waals surface area contributed by atoms with Gasteiger partial charge in [-0.1, -0.05) is 0 Å². The number of hydrogen-bond donors (Lipinski definition) is 1. The van der Waals surface area contributed by atoms with Gasteiger partial charge in [0, 0.05) is 14.6 Å². The van der Waals surface area contributed by atoms with Gasteiger partial charge in [0.15, 0.2) is 0 Å². The Morgan fingerprint density at radius 2 is 2.11 bits per heavy atom. The number of thiazole rings is 1. The molecule has 4 heteroatoms. The maximum atomic E-state index is 4.85. The van der Waals surface area contributed by atoms with E-state index in [4.69, 9.17) is 4.98 Å². The van der Waals surface area contributed by atoms with E-state index in [1.807, 2.05) is 29.7 Å². The van der Waals surface area contributed by atoms with Gasteiger partial charge < -0.3 is 5.32 Å². The highest BCUT2D eigenvalue weighted by Crippen LogP contribution is 2.36. The largest absolute Gasteiger partial charge is 0.307 e. The van der Waals surface area contributed by atoms with Gasteiger partial charge in [-0.25, -0.2) is 4.98 Å². The Labute approximate surface area is 116 Å². The summed E-state index contributed by atoms with van der Waals surface area (Å²) in [5.74, 6) is 0. The van der Waals surface area contributed by atoms with Gasteiger partial charge in [-0.2, -0.15) is 0 Å². The maximum absolute atomic E-state index is 4.85. The maximum Gasteiger partial charge on any atom is 0.115 e. The fourth-order valence-electron chi connectivity index (χ4n) is 2.68. The molecule has 0 radical (unpaired) electrons. The predicted molar refractivity (Wildman–Crippen MR) is 78.8 cm³/mol. The molecule has 0 fully saturated rings. The zero-order valence-electron chi connectivity index (χ0n) is 11.0. The number of thiophene rings is 1. The van der Waals surface area contributed by atoms with E-state index in [2.05, 4.69) is 25.2 Å². The van der Waals surface area contributed by atoms with E-state index in [1.165, 1.54) is 50.2 Å². The molecule has 0 amide bonds. The van der Waals surface area contributed by atoms with Crippen LogP contribution in [0.5, 0.6) is 0 Å². The zero-order valence-corrected chi connectivity index (χ0v) is 12.7. The molecule has 3 rings (SSSR count). The molecule has 2 aromatic rings. The predicted octanol–water partition coefficient (Wildman–Crippen LogP) is 3.62. The van der Waals surface area contributed by atoms with E-state index in [-0.39, 0.29) is 6.04 Å². The van der Waals surface area contributed by atoms with E-state index in [0.717, 1.165) is 0 Å². The summed E-state index contributed by atoms with van der Waals surface area (Å²) in [7, 11) is 2.03. The molecule has 0 aromatic carbocycles. The van der Waals surface area contributed by atoms with Crippen molar-refractivity contribution in [3.8, 4) is 0 Å². The van der Waals surface area contributed by atoms with Crippen LogP contribution >= 0.6 is 22.7 Å². The van der Waals surface area contributed by atoms with E-state index < -0.39 is 0 Å². The summed E-state index contributed by atoms with van der Waals surface area (Å²) in [5.41, 5.74) is 2.74. The van der Waals surface area contributed by atoms with E-state index in [0.29, 0.717) is 0 Å². The average Bonchev–Trinajstić information content (AvgIpc) is 2.95. The summed E-state index contributed by atoms with van der Waals surface area (Å²) in [6.45, 7) is 4.38. The number of nitrogens with zero attached hydrogens (tertiary/aromatic N) is 1. The van der Waals surface area contributed by atoms with Gasteiger partial charge >= 0.3 is 0 Å². The monoisotopic (exact) mass is 278 g/mol. The fourth-order valence-corrected chi connectivity index (χ4v) is 4.93. The molecule has 1 N–H and O–H groups in total. The van der Waals surface area contributed by atoms with Crippen LogP contribution in [0.3, 0.4) is 0 Å². The van der Waals surface area contributed by atoms with E-state index in [9.17, 15) is 0 Å². The molecule has 1 aliphatic rings. The highest BCUT2D eigenvalue weighted by atomic mass is 32.1. The van der Waals surface area contributed by atoms with Crippen LogP contribution in [0.15, 0.2) is 6.07 Å². The van der Waals surface area contributed by atoms with Crippen LogP contribution in [0.25, 0.3) is 0 Å². The summed E-state index contributed by atoms with van der Waals surface area (Å²) in [4.78, 5) is 9.14. The second kappa shape index (κ2) is 4.76. The molecule has 1 aliphatic carbocycles. The minimum Gasteiger partial charge on any atom is -0.307 e. The number of nitrogens with one attached hydrogen (secondary N) is 1. The third-order valence-electron chi connectivity index (χ3n) is 3.54. The van der Waals surface area contributed by atoms with Crippen molar-refractivity contribution in [3.05, 3.63) is 37.0 Å². The summed E-state index contributed by atoms with van der Waals surface area (Å²) in [5, 5.41) is 4.67. The first-order chi connectivity index (χ1) is 8.69. The third kappa shape index (κ3) is 2.02. The molecule has 2 heterocycles. The molecule has 0 spiro atoms. The second-order valence-corrected chi connectivity index (χ2v) is 7.44. The molecule has 1 unspecified atom stereocenters. The fraction of sp³-hybridized carbons (Fsp3) is 0.500. The van der Waals surface area contributed by atoms with Crippen molar-refractivity contribution < 1.29 is 0 Å². The summed E-state index contributed by atoms with van der Waals surface area (Å²) >= 11 is 3.77. The lowest BCUT2D eigenvalue weighted by molar-refractivity contribution is 0.681. The molecule has 0 aliphatic heterocycles. The Kier molecular flexibility index (Phi) is 3.26. The molecule has 2 aromatic heterocycles. The van der Waals surface area contributed by atoms with E-state index in [1.54, 1.807) is 0 Å².